The summed E-state index contributed by atoms with van der Waals surface area (Å²) in [7, 11) is 0. The maximum absolute atomic E-state index is 12.2. The number of carbonyl (C=O) groups is 1. The summed E-state index contributed by atoms with van der Waals surface area (Å²) in [6.07, 6.45) is 0. The quantitative estimate of drug-likeness (QED) is 0.747. The number of rotatable bonds is 1. The van der Waals surface area contributed by atoms with Gasteiger partial charge in [0.05, 0.1) is 0 Å². The molecule has 0 saturated carbocycles. The van der Waals surface area contributed by atoms with Gasteiger partial charge in [0.25, 0.3) is 0 Å². The second-order valence-electron chi connectivity index (χ2n) is 3.78. The van der Waals surface area contributed by atoms with Gasteiger partial charge in [-0.05, 0) is 12.1 Å². The lowest BCUT2D eigenvalue weighted by atomic mass is 10.1. The van der Waals surface area contributed by atoms with Crippen molar-refractivity contribution in [3.63, 3.8) is 0 Å². The Labute approximate surface area is 111 Å². The standard InChI is InChI=1S/C12H7BrN4O/c1-6-15-11-10(16-17(6)14-2)8-4-3-7(13)5-9(8)12(11)18/h3-5H,1-2H2. The van der Waals surface area contributed by atoms with E-state index in [2.05, 4.69) is 44.4 Å². The number of aliphatic imine (C=N–C) groups is 1. The molecule has 1 aliphatic carbocycles. The van der Waals surface area contributed by atoms with Crippen LogP contribution in [-0.4, -0.2) is 29.0 Å². The summed E-state index contributed by atoms with van der Waals surface area (Å²) in [5.74, 6) is 0.138. The summed E-state index contributed by atoms with van der Waals surface area (Å²) in [5, 5.41) is 9.10. The zero-order chi connectivity index (χ0) is 12.9. The molecule has 1 aliphatic heterocycles. The summed E-state index contributed by atoms with van der Waals surface area (Å²) < 4.78 is 0.840. The van der Waals surface area contributed by atoms with Crippen molar-refractivity contribution in [2.24, 2.45) is 15.2 Å². The molecule has 0 N–H and O–H groups in total. The summed E-state index contributed by atoms with van der Waals surface area (Å²) in [6.45, 7) is 7.06. The summed E-state index contributed by atoms with van der Waals surface area (Å²) in [4.78, 5) is 16.3. The van der Waals surface area contributed by atoms with Crippen LogP contribution in [0.4, 0.5) is 0 Å². The highest BCUT2D eigenvalue weighted by Crippen LogP contribution is 2.28. The third-order valence-electron chi connectivity index (χ3n) is 2.72. The van der Waals surface area contributed by atoms with Crippen molar-refractivity contribution in [2.45, 2.75) is 0 Å². The molecule has 1 aromatic carbocycles. The van der Waals surface area contributed by atoms with Crippen LogP contribution in [0.2, 0.25) is 0 Å². The molecule has 0 bridgehead atoms. The van der Waals surface area contributed by atoms with Crippen molar-refractivity contribution in [1.82, 2.24) is 5.12 Å². The van der Waals surface area contributed by atoms with Crippen molar-refractivity contribution in [3.8, 4) is 0 Å². The lowest BCUT2D eigenvalue weighted by molar-refractivity contribution is 0.106. The molecule has 0 fully saturated rings. The number of benzene rings is 1. The van der Waals surface area contributed by atoms with Crippen molar-refractivity contribution in [1.29, 1.82) is 0 Å². The van der Waals surface area contributed by atoms with Crippen LogP contribution in [-0.2, 0) is 0 Å². The molecule has 18 heavy (non-hydrogen) atoms. The first-order chi connectivity index (χ1) is 8.61. The van der Waals surface area contributed by atoms with Crippen LogP contribution in [0.5, 0.6) is 0 Å². The number of nitrogens with zero attached hydrogens (tertiary/aromatic N) is 4. The Hall–Kier alpha value is -2.08. The van der Waals surface area contributed by atoms with Gasteiger partial charge in [-0.15, -0.1) is 10.2 Å². The zero-order valence-electron chi connectivity index (χ0n) is 9.22. The fourth-order valence-corrected chi connectivity index (χ4v) is 2.28. The Bertz CT molecular complexity index is 675. The fraction of sp³-hybridized carbons (Fsp3) is 0. The van der Waals surface area contributed by atoms with Gasteiger partial charge in [-0.25, -0.2) is 4.99 Å². The van der Waals surface area contributed by atoms with Gasteiger partial charge in [0, 0.05) is 22.3 Å². The van der Waals surface area contributed by atoms with Crippen LogP contribution < -0.4 is 0 Å². The molecule has 0 amide bonds. The molecule has 6 heteroatoms. The first kappa shape index (κ1) is 11.0. The van der Waals surface area contributed by atoms with Gasteiger partial charge in [-0.3, -0.25) is 4.79 Å². The van der Waals surface area contributed by atoms with Gasteiger partial charge < -0.3 is 0 Å². The molecule has 1 heterocycles. The van der Waals surface area contributed by atoms with Crippen molar-refractivity contribution in [2.75, 3.05) is 0 Å². The number of hydrogen-bond donors (Lipinski definition) is 0. The van der Waals surface area contributed by atoms with E-state index >= 15 is 0 Å². The minimum Gasteiger partial charge on any atom is -0.287 e. The molecule has 0 radical (unpaired) electrons. The Balaban J connectivity index is 2.25. The van der Waals surface area contributed by atoms with Crippen LogP contribution in [0.25, 0.3) is 0 Å². The van der Waals surface area contributed by atoms with E-state index in [1.807, 2.05) is 12.1 Å². The maximum atomic E-state index is 12.2. The summed E-state index contributed by atoms with van der Waals surface area (Å²) in [6, 6.07) is 5.44. The van der Waals surface area contributed by atoms with E-state index < -0.39 is 0 Å². The van der Waals surface area contributed by atoms with Crippen LogP contribution in [0.1, 0.15) is 15.9 Å². The Morgan fingerprint density at radius 2 is 2.06 bits per heavy atom. The minimum atomic E-state index is -0.144. The molecule has 0 aromatic heterocycles. The van der Waals surface area contributed by atoms with Gasteiger partial charge in [0.15, 0.2) is 5.82 Å². The van der Waals surface area contributed by atoms with Gasteiger partial charge >= 0.3 is 0 Å². The van der Waals surface area contributed by atoms with Crippen LogP contribution in [0, 0.1) is 0 Å². The molecule has 1 aromatic rings. The Kier molecular flexibility index (Phi) is 2.27. The fourth-order valence-electron chi connectivity index (χ4n) is 1.92. The maximum Gasteiger partial charge on any atom is 0.214 e. The molecule has 0 atom stereocenters. The van der Waals surface area contributed by atoms with Crippen molar-refractivity contribution < 1.29 is 4.79 Å². The van der Waals surface area contributed by atoms with Gasteiger partial charge in [0.2, 0.25) is 5.78 Å². The van der Waals surface area contributed by atoms with Crippen LogP contribution in [0.15, 0.2) is 50.3 Å². The molecule has 2 aliphatic rings. The predicted octanol–water partition coefficient (Wildman–Crippen LogP) is 2.19. The molecule has 88 valence electrons. The number of carbonyl (C=O) groups excluding carboxylic acids is 1. The summed E-state index contributed by atoms with van der Waals surface area (Å²) in [5.41, 5.74) is 2.17. The highest BCUT2D eigenvalue weighted by Gasteiger charge is 2.36. The molecular formula is C12H7BrN4O. The predicted molar refractivity (Wildman–Crippen MR) is 73.0 cm³/mol. The second kappa shape index (κ2) is 3.71. The van der Waals surface area contributed by atoms with E-state index in [-0.39, 0.29) is 11.6 Å². The number of fused-ring (bicyclic) bond motifs is 3. The van der Waals surface area contributed by atoms with Crippen LogP contribution in [0.3, 0.4) is 0 Å². The normalized spacial score (nSPS) is 17.1. The Morgan fingerprint density at radius 1 is 1.28 bits per heavy atom. The molecule has 0 spiro atoms. The topological polar surface area (TPSA) is 57.4 Å². The molecule has 0 unspecified atom stereocenters. The average molecular weight is 303 g/mol. The van der Waals surface area contributed by atoms with E-state index in [1.54, 1.807) is 6.07 Å². The minimum absolute atomic E-state index is 0.144. The van der Waals surface area contributed by atoms with E-state index in [1.165, 1.54) is 5.12 Å². The van der Waals surface area contributed by atoms with E-state index in [0.717, 1.165) is 10.0 Å². The molecule has 0 saturated heterocycles. The number of ketones is 1. The Morgan fingerprint density at radius 3 is 2.78 bits per heavy atom. The number of hydrazone groups is 2. The molecular weight excluding hydrogens is 296 g/mol. The first-order valence-corrected chi connectivity index (χ1v) is 5.89. The number of hydrogen-bond acceptors (Lipinski definition) is 5. The number of Topliss-reactive ketones (excluding diaryl/α,β-unsaturated/α-hetero) is 1. The highest BCUT2D eigenvalue weighted by molar-refractivity contribution is 9.10. The smallest absolute Gasteiger partial charge is 0.214 e. The van der Waals surface area contributed by atoms with Crippen molar-refractivity contribution >= 4 is 39.9 Å². The van der Waals surface area contributed by atoms with Gasteiger partial charge in [0.1, 0.15) is 11.4 Å². The lowest BCUT2D eigenvalue weighted by Gasteiger charge is -2.17. The zero-order valence-corrected chi connectivity index (χ0v) is 10.8. The first-order valence-electron chi connectivity index (χ1n) is 5.10. The second-order valence-corrected chi connectivity index (χ2v) is 4.69. The van der Waals surface area contributed by atoms with Gasteiger partial charge in [-0.2, -0.15) is 5.10 Å². The number of halogens is 1. The van der Waals surface area contributed by atoms with Crippen molar-refractivity contribution in [3.05, 3.63) is 46.2 Å². The largest absolute Gasteiger partial charge is 0.287 e. The monoisotopic (exact) mass is 302 g/mol. The SMILES string of the molecule is C=NN1N=C2C(=NC1=C)C(=O)c1cc(Br)ccc12. The molecule has 3 rings (SSSR count). The van der Waals surface area contributed by atoms with E-state index in [0.29, 0.717) is 17.0 Å². The summed E-state index contributed by atoms with van der Waals surface area (Å²) >= 11 is 3.34. The third kappa shape index (κ3) is 1.39. The van der Waals surface area contributed by atoms with Gasteiger partial charge in [-0.1, -0.05) is 28.6 Å². The average Bonchev–Trinajstić information content (AvgIpc) is 2.62. The highest BCUT2D eigenvalue weighted by atomic mass is 79.9. The van der Waals surface area contributed by atoms with E-state index in [4.69, 9.17) is 0 Å². The van der Waals surface area contributed by atoms with Crippen LogP contribution >= 0.6 is 15.9 Å². The molecule has 5 nitrogen and oxygen atoms in total. The lowest BCUT2D eigenvalue weighted by Crippen LogP contribution is -2.25. The van der Waals surface area contributed by atoms with E-state index in [9.17, 15) is 4.79 Å². The third-order valence-corrected chi connectivity index (χ3v) is 3.21.